The maximum atomic E-state index is 7.45. The van der Waals surface area contributed by atoms with Crippen LogP contribution in [-0.2, 0) is 0 Å². The summed E-state index contributed by atoms with van der Waals surface area (Å²) in [5.41, 5.74) is 6.25. The number of hydrogen-bond donors (Lipinski definition) is 2. The molecule has 1 heterocycles. The minimum atomic E-state index is 0.105. The van der Waals surface area contributed by atoms with E-state index in [1.165, 1.54) is 19.3 Å². The van der Waals surface area contributed by atoms with E-state index in [1.807, 2.05) is 6.07 Å². The number of nitrogen functional groups attached to an aromatic ring is 1. The SMILES string of the molecule is CCN(CC1CCC1)c1cc(C(=N)N)ccn1. The molecule has 0 bridgehead atoms. The second-order valence-electron chi connectivity index (χ2n) is 4.65. The number of nitrogens with zero attached hydrogens (tertiary/aromatic N) is 2. The van der Waals surface area contributed by atoms with E-state index in [0.29, 0.717) is 0 Å². The average Bonchev–Trinajstić information content (AvgIpc) is 2.28. The van der Waals surface area contributed by atoms with E-state index in [2.05, 4.69) is 16.8 Å². The molecule has 0 atom stereocenters. The molecule has 0 aromatic carbocycles. The fourth-order valence-corrected chi connectivity index (χ4v) is 2.13. The zero-order chi connectivity index (χ0) is 12.3. The first kappa shape index (κ1) is 11.9. The largest absolute Gasteiger partial charge is 0.384 e. The molecule has 4 nitrogen and oxygen atoms in total. The summed E-state index contributed by atoms with van der Waals surface area (Å²) < 4.78 is 0. The quantitative estimate of drug-likeness (QED) is 0.602. The minimum absolute atomic E-state index is 0.105. The molecule has 0 spiro atoms. The summed E-state index contributed by atoms with van der Waals surface area (Å²) in [6, 6.07) is 3.69. The van der Waals surface area contributed by atoms with Gasteiger partial charge in [-0.25, -0.2) is 4.98 Å². The first-order valence-corrected chi connectivity index (χ1v) is 6.26. The summed E-state index contributed by atoms with van der Waals surface area (Å²) in [6.07, 6.45) is 5.77. The molecule has 1 aliphatic carbocycles. The van der Waals surface area contributed by atoms with Crippen LogP contribution < -0.4 is 10.6 Å². The van der Waals surface area contributed by atoms with Crippen molar-refractivity contribution in [2.75, 3.05) is 18.0 Å². The van der Waals surface area contributed by atoms with Gasteiger partial charge in [-0.2, -0.15) is 0 Å². The van der Waals surface area contributed by atoms with Crippen LogP contribution in [0.25, 0.3) is 0 Å². The smallest absolute Gasteiger partial charge is 0.129 e. The molecule has 4 heteroatoms. The zero-order valence-corrected chi connectivity index (χ0v) is 10.3. The molecular weight excluding hydrogens is 212 g/mol. The second kappa shape index (κ2) is 5.17. The second-order valence-corrected chi connectivity index (χ2v) is 4.65. The highest BCUT2D eigenvalue weighted by Gasteiger charge is 2.20. The highest BCUT2D eigenvalue weighted by Crippen LogP contribution is 2.28. The Morgan fingerprint density at radius 3 is 2.88 bits per heavy atom. The van der Waals surface area contributed by atoms with Crippen LogP contribution in [0.1, 0.15) is 31.7 Å². The molecular formula is C13H20N4. The third-order valence-corrected chi connectivity index (χ3v) is 3.47. The topological polar surface area (TPSA) is 66.0 Å². The normalized spacial score (nSPS) is 15.4. The number of nitrogens with two attached hydrogens (primary N) is 1. The molecule has 1 aromatic heterocycles. The third-order valence-electron chi connectivity index (χ3n) is 3.47. The Hall–Kier alpha value is -1.58. The highest BCUT2D eigenvalue weighted by atomic mass is 15.2. The van der Waals surface area contributed by atoms with Gasteiger partial charge in [0.15, 0.2) is 0 Å². The predicted octanol–water partition coefficient (Wildman–Crippen LogP) is 1.99. The lowest BCUT2D eigenvalue weighted by Crippen LogP contribution is -2.33. The van der Waals surface area contributed by atoms with Crippen LogP contribution in [0.5, 0.6) is 0 Å². The van der Waals surface area contributed by atoms with Gasteiger partial charge in [0.2, 0.25) is 0 Å². The van der Waals surface area contributed by atoms with Gasteiger partial charge in [-0.1, -0.05) is 6.42 Å². The Kier molecular flexibility index (Phi) is 3.61. The number of rotatable bonds is 5. The van der Waals surface area contributed by atoms with E-state index >= 15 is 0 Å². The summed E-state index contributed by atoms with van der Waals surface area (Å²) in [6.45, 7) is 4.16. The van der Waals surface area contributed by atoms with Crippen molar-refractivity contribution in [3.05, 3.63) is 23.9 Å². The van der Waals surface area contributed by atoms with E-state index in [1.54, 1.807) is 12.3 Å². The standard InChI is InChI=1S/C13H20N4/c1-2-17(9-10-4-3-5-10)12-8-11(13(14)15)6-7-16-12/h6-8,10H,2-5,9H2,1H3,(H3,14,15). The van der Waals surface area contributed by atoms with E-state index in [0.717, 1.165) is 30.4 Å². The van der Waals surface area contributed by atoms with Crippen LogP contribution >= 0.6 is 0 Å². The lowest BCUT2D eigenvalue weighted by molar-refractivity contribution is 0.318. The Labute approximate surface area is 102 Å². The zero-order valence-electron chi connectivity index (χ0n) is 10.3. The molecule has 0 unspecified atom stereocenters. The average molecular weight is 232 g/mol. The molecule has 0 radical (unpaired) electrons. The van der Waals surface area contributed by atoms with Crippen LogP contribution in [0.15, 0.2) is 18.3 Å². The number of hydrogen-bond acceptors (Lipinski definition) is 3. The molecule has 0 saturated heterocycles. The van der Waals surface area contributed by atoms with Crippen molar-refractivity contribution in [1.29, 1.82) is 5.41 Å². The van der Waals surface area contributed by atoms with Crippen molar-refractivity contribution < 1.29 is 0 Å². The van der Waals surface area contributed by atoms with Crippen molar-refractivity contribution in [3.63, 3.8) is 0 Å². The van der Waals surface area contributed by atoms with Crippen LogP contribution in [-0.4, -0.2) is 23.9 Å². The van der Waals surface area contributed by atoms with Crippen LogP contribution in [0, 0.1) is 11.3 Å². The molecule has 0 amide bonds. The molecule has 2 rings (SSSR count). The number of nitrogens with one attached hydrogen (secondary N) is 1. The van der Waals surface area contributed by atoms with Gasteiger partial charge in [0, 0.05) is 24.8 Å². The first-order chi connectivity index (χ1) is 8.20. The van der Waals surface area contributed by atoms with Crippen molar-refractivity contribution in [2.45, 2.75) is 26.2 Å². The lowest BCUT2D eigenvalue weighted by Gasteiger charge is -2.32. The third kappa shape index (κ3) is 2.75. The van der Waals surface area contributed by atoms with E-state index < -0.39 is 0 Å². The van der Waals surface area contributed by atoms with Gasteiger partial charge in [-0.15, -0.1) is 0 Å². The maximum absolute atomic E-state index is 7.45. The van der Waals surface area contributed by atoms with E-state index in [-0.39, 0.29) is 5.84 Å². The predicted molar refractivity (Wildman–Crippen MR) is 70.5 cm³/mol. The summed E-state index contributed by atoms with van der Waals surface area (Å²) in [5.74, 6) is 1.86. The number of pyridine rings is 1. The highest BCUT2D eigenvalue weighted by molar-refractivity contribution is 5.95. The minimum Gasteiger partial charge on any atom is -0.384 e. The van der Waals surface area contributed by atoms with Crippen LogP contribution in [0.4, 0.5) is 5.82 Å². The molecule has 1 fully saturated rings. The summed E-state index contributed by atoms with van der Waals surface area (Å²) in [5, 5.41) is 7.45. The summed E-state index contributed by atoms with van der Waals surface area (Å²) >= 11 is 0. The number of amidine groups is 1. The molecule has 0 aliphatic heterocycles. The van der Waals surface area contributed by atoms with Crippen molar-refractivity contribution in [1.82, 2.24) is 4.98 Å². The van der Waals surface area contributed by atoms with Gasteiger partial charge in [0.1, 0.15) is 11.7 Å². The lowest BCUT2D eigenvalue weighted by atomic mass is 9.85. The Morgan fingerprint density at radius 1 is 1.59 bits per heavy atom. The molecule has 17 heavy (non-hydrogen) atoms. The van der Waals surface area contributed by atoms with Crippen LogP contribution in [0.3, 0.4) is 0 Å². The Balaban J connectivity index is 2.11. The van der Waals surface area contributed by atoms with Crippen LogP contribution in [0.2, 0.25) is 0 Å². The van der Waals surface area contributed by atoms with E-state index in [9.17, 15) is 0 Å². The molecule has 92 valence electrons. The van der Waals surface area contributed by atoms with Gasteiger partial charge >= 0.3 is 0 Å². The van der Waals surface area contributed by atoms with Gasteiger partial charge in [0.05, 0.1) is 0 Å². The van der Waals surface area contributed by atoms with Crippen molar-refractivity contribution in [2.24, 2.45) is 11.7 Å². The monoisotopic (exact) mass is 232 g/mol. The number of aromatic nitrogens is 1. The Morgan fingerprint density at radius 2 is 2.35 bits per heavy atom. The molecule has 3 N–H and O–H groups in total. The maximum Gasteiger partial charge on any atom is 0.129 e. The molecule has 1 aromatic rings. The first-order valence-electron chi connectivity index (χ1n) is 6.26. The summed E-state index contributed by atoms with van der Waals surface area (Å²) in [7, 11) is 0. The fourth-order valence-electron chi connectivity index (χ4n) is 2.13. The summed E-state index contributed by atoms with van der Waals surface area (Å²) in [4.78, 5) is 6.65. The molecule has 1 aliphatic rings. The number of anilines is 1. The van der Waals surface area contributed by atoms with Gasteiger partial charge in [-0.05, 0) is 37.8 Å². The molecule has 1 saturated carbocycles. The van der Waals surface area contributed by atoms with Gasteiger partial charge < -0.3 is 10.6 Å². The Bertz CT molecular complexity index is 398. The van der Waals surface area contributed by atoms with Crippen molar-refractivity contribution in [3.8, 4) is 0 Å². The van der Waals surface area contributed by atoms with Gasteiger partial charge in [-0.3, -0.25) is 5.41 Å². The van der Waals surface area contributed by atoms with Gasteiger partial charge in [0.25, 0.3) is 0 Å². The fraction of sp³-hybridized carbons (Fsp3) is 0.538. The van der Waals surface area contributed by atoms with E-state index in [4.69, 9.17) is 11.1 Å². The van der Waals surface area contributed by atoms with Crippen molar-refractivity contribution >= 4 is 11.7 Å².